The number of benzene rings is 3. The predicted molar refractivity (Wildman–Crippen MR) is 181 cm³/mol. The fraction of sp³-hybridized carbons (Fsp3) is 0.150. The summed E-state index contributed by atoms with van der Waals surface area (Å²) >= 11 is 0. The largest absolute Gasteiger partial charge is 0.309 e. The van der Waals surface area contributed by atoms with E-state index in [9.17, 15) is 0 Å². The first-order chi connectivity index (χ1) is 20.1. The third-order valence-electron chi connectivity index (χ3n) is 7.80. The van der Waals surface area contributed by atoms with Crippen LogP contribution in [0.4, 0.5) is 0 Å². The summed E-state index contributed by atoms with van der Waals surface area (Å²) in [5, 5.41) is 1.22. The Morgan fingerprint density at radius 1 is 0.951 bits per heavy atom. The Morgan fingerprint density at radius 2 is 1.73 bits per heavy atom. The molecule has 0 saturated carbocycles. The first-order valence-electron chi connectivity index (χ1n) is 14.6. The molecule has 0 radical (unpaired) electrons. The normalized spacial score (nSPS) is 14.7. The van der Waals surface area contributed by atoms with E-state index in [4.69, 9.17) is 0 Å². The molecule has 0 atom stereocenters. The Balaban J connectivity index is 1.70. The van der Waals surface area contributed by atoms with Crippen molar-refractivity contribution in [2.75, 3.05) is 0 Å². The van der Waals surface area contributed by atoms with E-state index in [1.807, 2.05) is 12.2 Å². The summed E-state index contributed by atoms with van der Waals surface area (Å²) in [5.41, 5.74) is 13.4. The number of allylic oxidation sites excluding steroid dienone is 10. The lowest BCUT2D eigenvalue weighted by Gasteiger charge is -2.16. The van der Waals surface area contributed by atoms with Gasteiger partial charge >= 0.3 is 0 Å². The van der Waals surface area contributed by atoms with Gasteiger partial charge in [-0.05, 0) is 102 Å². The lowest BCUT2D eigenvalue weighted by molar-refractivity contribution is 0.929. The molecular weight excluding hydrogens is 494 g/mol. The molecule has 0 bridgehead atoms. The number of fused-ring (bicyclic) bond motifs is 1. The standard InChI is InChI=1S/C40H39N/c1-6-16-31(8-3)37(26-30-18-12-10-13-19-30)36-27-32(23-22-29(36)5)33-24-25-40-38(28-33)35(17-7-2)39(9-4)41(40)34-20-14-11-15-21-34/h7-15,17-18,20-28H,3-4,6,16,19H2,1-2,5H3/b17-7-,30-26-,37-31-. The summed E-state index contributed by atoms with van der Waals surface area (Å²) in [6, 6.07) is 24.2. The molecule has 3 aromatic carbocycles. The van der Waals surface area contributed by atoms with E-state index >= 15 is 0 Å². The molecule has 1 heterocycles. The maximum atomic E-state index is 4.20. The van der Waals surface area contributed by atoms with Gasteiger partial charge in [0.15, 0.2) is 0 Å². The molecule has 0 fully saturated rings. The highest BCUT2D eigenvalue weighted by Crippen LogP contribution is 2.37. The number of aromatic nitrogens is 1. The first kappa shape index (κ1) is 27.9. The minimum Gasteiger partial charge on any atom is -0.309 e. The molecule has 204 valence electrons. The molecule has 1 aliphatic carbocycles. The molecule has 0 unspecified atom stereocenters. The van der Waals surface area contributed by atoms with Gasteiger partial charge < -0.3 is 4.57 Å². The van der Waals surface area contributed by atoms with Crippen LogP contribution >= 0.6 is 0 Å². The molecule has 4 aromatic rings. The quantitative estimate of drug-likeness (QED) is 0.189. The van der Waals surface area contributed by atoms with E-state index in [2.05, 4.69) is 148 Å². The van der Waals surface area contributed by atoms with Crippen LogP contribution in [0.5, 0.6) is 0 Å². The Labute approximate surface area is 245 Å². The second-order valence-electron chi connectivity index (χ2n) is 10.5. The summed E-state index contributed by atoms with van der Waals surface area (Å²) in [6.45, 7) is 14.9. The number of hydrogen-bond donors (Lipinski definition) is 0. The van der Waals surface area contributed by atoms with Crippen molar-refractivity contribution in [1.82, 2.24) is 4.57 Å². The van der Waals surface area contributed by atoms with Gasteiger partial charge in [0.25, 0.3) is 0 Å². The Morgan fingerprint density at radius 3 is 2.41 bits per heavy atom. The molecule has 1 heteroatoms. The van der Waals surface area contributed by atoms with Crippen LogP contribution in [0.25, 0.3) is 45.4 Å². The molecule has 1 aromatic heterocycles. The maximum Gasteiger partial charge on any atom is 0.0541 e. The van der Waals surface area contributed by atoms with Gasteiger partial charge in [0.05, 0.1) is 11.2 Å². The topological polar surface area (TPSA) is 4.93 Å². The third-order valence-corrected chi connectivity index (χ3v) is 7.80. The van der Waals surface area contributed by atoms with Crippen LogP contribution in [0.15, 0.2) is 134 Å². The monoisotopic (exact) mass is 533 g/mol. The Bertz CT molecular complexity index is 1750. The van der Waals surface area contributed by atoms with Crippen molar-refractivity contribution >= 4 is 28.6 Å². The predicted octanol–water partition coefficient (Wildman–Crippen LogP) is 11.5. The van der Waals surface area contributed by atoms with Gasteiger partial charge in [-0.2, -0.15) is 0 Å². The Hall–Kier alpha value is -4.62. The van der Waals surface area contributed by atoms with Crippen molar-refractivity contribution in [3.63, 3.8) is 0 Å². The lowest BCUT2D eigenvalue weighted by Crippen LogP contribution is -1.96. The summed E-state index contributed by atoms with van der Waals surface area (Å²) < 4.78 is 2.31. The number of hydrogen-bond acceptors (Lipinski definition) is 0. The number of nitrogens with zero attached hydrogens (tertiary/aromatic N) is 1. The average Bonchev–Trinajstić information content (AvgIpc) is 3.33. The summed E-state index contributed by atoms with van der Waals surface area (Å²) in [7, 11) is 0. The van der Waals surface area contributed by atoms with Gasteiger partial charge in [-0.15, -0.1) is 0 Å². The fourth-order valence-electron chi connectivity index (χ4n) is 5.79. The van der Waals surface area contributed by atoms with Crippen molar-refractivity contribution in [3.05, 3.63) is 156 Å². The molecule has 0 saturated heterocycles. The molecule has 0 N–H and O–H groups in total. The van der Waals surface area contributed by atoms with Crippen LogP contribution in [-0.2, 0) is 0 Å². The molecule has 41 heavy (non-hydrogen) atoms. The van der Waals surface area contributed by atoms with E-state index in [0.717, 1.165) is 30.6 Å². The van der Waals surface area contributed by atoms with E-state index in [0.29, 0.717) is 0 Å². The first-order valence-corrected chi connectivity index (χ1v) is 14.6. The highest BCUT2D eigenvalue weighted by Gasteiger charge is 2.17. The Kier molecular flexibility index (Phi) is 8.65. The van der Waals surface area contributed by atoms with E-state index in [1.54, 1.807) is 0 Å². The van der Waals surface area contributed by atoms with Crippen molar-refractivity contribution in [1.29, 1.82) is 0 Å². The van der Waals surface area contributed by atoms with Crippen LogP contribution in [-0.4, -0.2) is 4.57 Å². The minimum atomic E-state index is 0.948. The van der Waals surface area contributed by atoms with Gasteiger partial charge in [0.1, 0.15) is 0 Å². The highest BCUT2D eigenvalue weighted by atomic mass is 15.0. The van der Waals surface area contributed by atoms with Crippen molar-refractivity contribution < 1.29 is 0 Å². The molecule has 0 spiro atoms. The molecular formula is C40H39N. The number of aryl methyl sites for hydroxylation is 1. The fourth-order valence-corrected chi connectivity index (χ4v) is 5.79. The molecule has 1 aliphatic rings. The van der Waals surface area contributed by atoms with E-state index < -0.39 is 0 Å². The van der Waals surface area contributed by atoms with Crippen LogP contribution in [0.2, 0.25) is 0 Å². The van der Waals surface area contributed by atoms with Crippen LogP contribution in [0, 0.1) is 6.92 Å². The smallest absolute Gasteiger partial charge is 0.0541 e. The third kappa shape index (κ3) is 5.67. The molecule has 5 rings (SSSR count). The zero-order chi connectivity index (χ0) is 28.8. The molecule has 1 nitrogen and oxygen atoms in total. The van der Waals surface area contributed by atoms with Crippen LogP contribution < -0.4 is 0 Å². The van der Waals surface area contributed by atoms with Gasteiger partial charge in [-0.3, -0.25) is 0 Å². The van der Waals surface area contributed by atoms with Crippen molar-refractivity contribution in [2.24, 2.45) is 0 Å². The zero-order valence-electron chi connectivity index (χ0n) is 24.5. The minimum absolute atomic E-state index is 0.948. The lowest BCUT2D eigenvalue weighted by atomic mass is 9.88. The summed E-state index contributed by atoms with van der Waals surface area (Å²) in [6.07, 6.45) is 22.4. The molecule has 0 amide bonds. The van der Waals surface area contributed by atoms with Gasteiger partial charge in [-0.25, -0.2) is 0 Å². The summed E-state index contributed by atoms with van der Waals surface area (Å²) in [4.78, 5) is 0. The average molecular weight is 534 g/mol. The maximum absolute atomic E-state index is 4.20. The highest BCUT2D eigenvalue weighted by molar-refractivity contribution is 5.98. The zero-order valence-corrected chi connectivity index (χ0v) is 24.5. The van der Waals surface area contributed by atoms with Gasteiger partial charge in [-0.1, -0.05) is 112 Å². The SMILES string of the molecule is C=C/C(CCC)=C(\C=C1\C=CC=CC1)c1cc(-c2ccc3c(c2)c(/C=C\C)c(C=C)n3-c2ccccc2)ccc1C. The van der Waals surface area contributed by atoms with Gasteiger partial charge in [0, 0.05) is 16.6 Å². The van der Waals surface area contributed by atoms with Crippen LogP contribution in [0.3, 0.4) is 0 Å². The second-order valence-corrected chi connectivity index (χ2v) is 10.5. The molecule has 0 aliphatic heterocycles. The van der Waals surface area contributed by atoms with E-state index in [-0.39, 0.29) is 0 Å². The number of para-hydroxylation sites is 1. The van der Waals surface area contributed by atoms with Crippen LogP contribution in [0.1, 0.15) is 55.5 Å². The van der Waals surface area contributed by atoms with E-state index in [1.165, 1.54) is 55.4 Å². The summed E-state index contributed by atoms with van der Waals surface area (Å²) in [5.74, 6) is 0. The number of rotatable bonds is 9. The van der Waals surface area contributed by atoms with Crippen molar-refractivity contribution in [3.8, 4) is 16.8 Å². The van der Waals surface area contributed by atoms with Gasteiger partial charge in [0.2, 0.25) is 0 Å². The second kappa shape index (κ2) is 12.7. The van der Waals surface area contributed by atoms with Crippen molar-refractivity contribution in [2.45, 2.75) is 40.0 Å².